The van der Waals surface area contributed by atoms with E-state index >= 15 is 0 Å². The lowest BCUT2D eigenvalue weighted by Gasteiger charge is -2.21. The lowest BCUT2D eigenvalue weighted by Crippen LogP contribution is -2.32. The Balaban J connectivity index is 1.61. The number of nitro groups is 1. The second-order valence-electron chi connectivity index (χ2n) is 6.51. The first-order chi connectivity index (χ1) is 13.5. The molecule has 2 aromatic heterocycles. The van der Waals surface area contributed by atoms with Crippen molar-refractivity contribution in [1.29, 1.82) is 0 Å². The van der Waals surface area contributed by atoms with Crippen molar-refractivity contribution in [2.45, 2.75) is 35.5 Å². The average Bonchev–Trinajstić information content (AvgIpc) is 3.24. The summed E-state index contributed by atoms with van der Waals surface area (Å²) >= 11 is 1.13. The maximum Gasteiger partial charge on any atom is 0.284 e. The fourth-order valence-electron chi connectivity index (χ4n) is 2.83. The van der Waals surface area contributed by atoms with Gasteiger partial charge in [0, 0.05) is 24.7 Å². The molecule has 0 aliphatic heterocycles. The minimum absolute atomic E-state index is 0.132. The molecule has 0 atom stereocenters. The fourth-order valence-corrected chi connectivity index (χ4v) is 3.68. The lowest BCUT2D eigenvalue weighted by atomic mass is 10.1. The van der Waals surface area contributed by atoms with Gasteiger partial charge >= 0.3 is 0 Å². The Morgan fingerprint density at radius 3 is 2.86 bits per heavy atom. The predicted octanol–water partition coefficient (Wildman–Crippen LogP) is 3.27. The highest BCUT2D eigenvalue weighted by Crippen LogP contribution is 2.35. The Labute approximate surface area is 164 Å². The highest BCUT2D eigenvalue weighted by molar-refractivity contribution is 7.99. The smallest absolute Gasteiger partial charge is 0.284 e. The van der Waals surface area contributed by atoms with Crippen LogP contribution < -0.4 is 0 Å². The van der Waals surface area contributed by atoms with Crippen molar-refractivity contribution in [3.8, 4) is 0 Å². The molecule has 0 unspecified atom stereocenters. The first-order valence-corrected chi connectivity index (χ1v) is 9.48. The normalized spacial score (nSPS) is 13.5. The van der Waals surface area contributed by atoms with Crippen LogP contribution in [0.5, 0.6) is 0 Å². The van der Waals surface area contributed by atoms with E-state index in [1.165, 1.54) is 12.4 Å². The first-order valence-electron chi connectivity index (χ1n) is 8.66. The van der Waals surface area contributed by atoms with Crippen LogP contribution in [0.2, 0.25) is 0 Å². The number of hydrogen-bond acceptors (Lipinski definition) is 7. The summed E-state index contributed by atoms with van der Waals surface area (Å²) in [6.07, 6.45) is 4.94. The molecule has 1 aliphatic rings. The molecule has 1 aromatic carbocycles. The Bertz CT molecular complexity index is 1010. The van der Waals surface area contributed by atoms with E-state index in [0.29, 0.717) is 22.4 Å². The molecular formula is C18H17N5O4S. The number of amides is 1. The van der Waals surface area contributed by atoms with E-state index in [9.17, 15) is 14.9 Å². The number of hydrogen-bond donors (Lipinski definition) is 0. The minimum atomic E-state index is -0.483. The van der Waals surface area contributed by atoms with Crippen LogP contribution in [0.1, 0.15) is 29.0 Å². The largest absolute Gasteiger partial charge is 0.467 e. The van der Waals surface area contributed by atoms with Crippen molar-refractivity contribution in [2.75, 3.05) is 0 Å². The van der Waals surface area contributed by atoms with Gasteiger partial charge in [-0.1, -0.05) is 0 Å². The van der Waals surface area contributed by atoms with E-state index in [2.05, 4.69) is 10.2 Å². The molecule has 0 N–H and O–H groups in total. The Morgan fingerprint density at radius 2 is 2.25 bits per heavy atom. The third kappa shape index (κ3) is 3.77. The summed E-state index contributed by atoms with van der Waals surface area (Å²) in [6.45, 7) is 0.347. The molecule has 1 fully saturated rings. The van der Waals surface area contributed by atoms with Crippen LogP contribution in [0, 0.1) is 10.1 Å². The molecule has 144 valence electrons. The number of nitrogens with zero attached hydrogens (tertiary/aromatic N) is 5. The van der Waals surface area contributed by atoms with Crippen molar-refractivity contribution in [3.63, 3.8) is 0 Å². The van der Waals surface area contributed by atoms with Crippen molar-refractivity contribution in [2.24, 2.45) is 7.05 Å². The lowest BCUT2D eigenvalue weighted by molar-refractivity contribution is -0.387. The van der Waals surface area contributed by atoms with Crippen LogP contribution in [0.25, 0.3) is 0 Å². The number of aryl methyl sites for hydroxylation is 1. The zero-order valence-corrected chi connectivity index (χ0v) is 15.8. The van der Waals surface area contributed by atoms with Gasteiger partial charge in [0.05, 0.1) is 22.6 Å². The van der Waals surface area contributed by atoms with Crippen LogP contribution in [-0.2, 0) is 13.6 Å². The number of rotatable bonds is 7. The molecule has 1 aliphatic carbocycles. The molecule has 1 saturated carbocycles. The summed E-state index contributed by atoms with van der Waals surface area (Å²) in [4.78, 5) is 26.3. The minimum Gasteiger partial charge on any atom is -0.467 e. The van der Waals surface area contributed by atoms with E-state index in [4.69, 9.17) is 4.42 Å². The highest BCUT2D eigenvalue weighted by atomic mass is 32.2. The molecule has 10 heteroatoms. The van der Waals surface area contributed by atoms with Crippen molar-refractivity contribution >= 4 is 23.4 Å². The standard InChI is InChI=1S/C18H17N5O4S/c1-21-11-19-20-18(21)28-16-7-4-12(9-15(16)23(25)26)17(24)22(13-5-6-13)10-14-3-2-8-27-14/h2-4,7-9,11,13H,5-6,10H2,1H3. The van der Waals surface area contributed by atoms with Gasteiger partial charge in [0.25, 0.3) is 11.6 Å². The molecular weight excluding hydrogens is 382 g/mol. The summed E-state index contributed by atoms with van der Waals surface area (Å²) in [7, 11) is 1.76. The van der Waals surface area contributed by atoms with Crippen LogP contribution >= 0.6 is 11.8 Å². The number of carbonyl (C=O) groups is 1. The number of furan rings is 1. The van der Waals surface area contributed by atoms with Gasteiger partial charge in [0.1, 0.15) is 12.1 Å². The topological polar surface area (TPSA) is 107 Å². The molecule has 0 spiro atoms. The number of carbonyl (C=O) groups excluding carboxylic acids is 1. The predicted molar refractivity (Wildman–Crippen MR) is 99.8 cm³/mol. The molecule has 2 heterocycles. The average molecular weight is 399 g/mol. The number of aromatic nitrogens is 3. The second kappa shape index (κ2) is 7.47. The SMILES string of the molecule is Cn1cnnc1Sc1ccc(C(=O)N(Cc2ccco2)C2CC2)cc1[N+](=O)[O-]. The van der Waals surface area contributed by atoms with Gasteiger partial charge in [0.15, 0.2) is 5.16 Å². The summed E-state index contributed by atoms with van der Waals surface area (Å²) < 4.78 is 7.03. The summed E-state index contributed by atoms with van der Waals surface area (Å²) in [5.74, 6) is 0.446. The molecule has 4 rings (SSSR count). The molecule has 9 nitrogen and oxygen atoms in total. The van der Waals surface area contributed by atoms with E-state index in [1.807, 2.05) is 6.07 Å². The van der Waals surface area contributed by atoms with E-state index in [1.54, 1.807) is 41.0 Å². The van der Waals surface area contributed by atoms with Gasteiger partial charge in [-0.25, -0.2) is 0 Å². The van der Waals surface area contributed by atoms with E-state index in [0.717, 1.165) is 24.6 Å². The molecule has 0 radical (unpaired) electrons. The van der Waals surface area contributed by atoms with Crippen LogP contribution in [0.3, 0.4) is 0 Å². The molecule has 0 bridgehead atoms. The second-order valence-corrected chi connectivity index (χ2v) is 7.52. The highest BCUT2D eigenvalue weighted by Gasteiger charge is 2.34. The molecule has 3 aromatic rings. The zero-order chi connectivity index (χ0) is 19.7. The first kappa shape index (κ1) is 18.2. The Morgan fingerprint density at radius 1 is 1.43 bits per heavy atom. The Hall–Kier alpha value is -3.14. The van der Waals surface area contributed by atoms with Crippen LogP contribution in [0.4, 0.5) is 5.69 Å². The third-order valence-corrected chi connectivity index (χ3v) is 5.55. The van der Waals surface area contributed by atoms with E-state index in [-0.39, 0.29) is 23.2 Å². The Kier molecular flexibility index (Phi) is 4.86. The zero-order valence-electron chi connectivity index (χ0n) is 15.0. The van der Waals surface area contributed by atoms with Gasteiger partial charge in [-0.05, 0) is 48.9 Å². The van der Waals surface area contributed by atoms with E-state index < -0.39 is 4.92 Å². The maximum atomic E-state index is 13.0. The molecule has 28 heavy (non-hydrogen) atoms. The molecule has 0 saturated heterocycles. The third-order valence-electron chi connectivity index (χ3n) is 4.43. The van der Waals surface area contributed by atoms with Crippen molar-refractivity contribution in [3.05, 3.63) is 64.4 Å². The molecule has 1 amide bonds. The number of benzene rings is 1. The van der Waals surface area contributed by atoms with Crippen LogP contribution in [0.15, 0.2) is 57.4 Å². The van der Waals surface area contributed by atoms with Gasteiger partial charge in [-0.2, -0.15) is 0 Å². The quantitative estimate of drug-likeness (QED) is 0.443. The number of nitro benzene ring substituents is 1. The summed E-state index contributed by atoms with van der Waals surface area (Å²) in [6, 6.07) is 8.26. The van der Waals surface area contributed by atoms with Crippen molar-refractivity contribution < 1.29 is 14.1 Å². The van der Waals surface area contributed by atoms with Crippen LogP contribution in [-0.4, -0.2) is 36.5 Å². The fraction of sp³-hybridized carbons (Fsp3) is 0.278. The maximum absolute atomic E-state index is 13.0. The van der Waals surface area contributed by atoms with Gasteiger partial charge in [-0.15, -0.1) is 10.2 Å². The van der Waals surface area contributed by atoms with Gasteiger partial charge < -0.3 is 13.9 Å². The summed E-state index contributed by atoms with van der Waals surface area (Å²) in [5, 5.41) is 19.8. The van der Waals surface area contributed by atoms with Gasteiger partial charge in [-0.3, -0.25) is 14.9 Å². The van der Waals surface area contributed by atoms with Crippen molar-refractivity contribution in [1.82, 2.24) is 19.7 Å². The van der Waals surface area contributed by atoms with Gasteiger partial charge in [0.2, 0.25) is 0 Å². The summed E-state index contributed by atoms with van der Waals surface area (Å²) in [5.41, 5.74) is 0.153. The monoisotopic (exact) mass is 399 g/mol.